The Hall–Kier alpha value is -2.64. The predicted octanol–water partition coefficient (Wildman–Crippen LogP) is 1.73. The van der Waals surface area contributed by atoms with Crippen molar-refractivity contribution >= 4 is 11.8 Å². The van der Waals surface area contributed by atoms with E-state index in [-0.39, 0.29) is 18.2 Å². The zero-order valence-electron chi connectivity index (χ0n) is 16.6. The number of carbonyl (C=O) groups excluding carboxylic acids is 1. The summed E-state index contributed by atoms with van der Waals surface area (Å²) in [4.78, 5) is 21.3. The maximum Gasteiger partial charge on any atom is 0.315 e. The highest BCUT2D eigenvalue weighted by Gasteiger charge is 2.25. The van der Waals surface area contributed by atoms with Crippen LogP contribution in [0.2, 0.25) is 0 Å². The van der Waals surface area contributed by atoms with Crippen molar-refractivity contribution in [3.63, 3.8) is 0 Å². The molecule has 2 aromatic rings. The van der Waals surface area contributed by atoms with Gasteiger partial charge >= 0.3 is 6.03 Å². The number of hydrogen-bond donors (Lipinski definition) is 3. The second-order valence-electron chi connectivity index (χ2n) is 7.89. The molecule has 0 aliphatic carbocycles. The predicted molar refractivity (Wildman–Crippen MR) is 113 cm³/mol. The van der Waals surface area contributed by atoms with Crippen molar-refractivity contribution in [2.24, 2.45) is 0 Å². The average molecular weight is 396 g/mol. The van der Waals surface area contributed by atoms with Crippen LogP contribution in [0.4, 0.5) is 10.6 Å². The molecular formula is C22H29N5O2. The number of nitrogens with one attached hydrogen (secondary N) is 2. The molecular weight excluding hydrogens is 366 g/mol. The number of amides is 2. The molecule has 1 aromatic heterocycles. The number of hydrogen-bond acceptors (Lipinski definition) is 5. The third-order valence-corrected chi connectivity index (χ3v) is 5.70. The number of nitrogens with zero attached hydrogens (tertiary/aromatic N) is 3. The van der Waals surface area contributed by atoms with Crippen LogP contribution in [0.3, 0.4) is 0 Å². The summed E-state index contributed by atoms with van der Waals surface area (Å²) in [5.74, 6) is 0.957. The van der Waals surface area contributed by atoms with E-state index in [1.54, 1.807) is 6.20 Å². The number of aliphatic hydroxyl groups excluding tert-OH is 1. The first-order valence-electron chi connectivity index (χ1n) is 10.3. The van der Waals surface area contributed by atoms with Gasteiger partial charge in [0.25, 0.3) is 0 Å². The lowest BCUT2D eigenvalue weighted by Gasteiger charge is -2.19. The molecule has 2 atom stereocenters. The Labute approximate surface area is 171 Å². The van der Waals surface area contributed by atoms with Gasteiger partial charge in [-0.1, -0.05) is 30.3 Å². The van der Waals surface area contributed by atoms with Gasteiger partial charge in [-0.2, -0.15) is 0 Å². The second-order valence-corrected chi connectivity index (χ2v) is 7.89. The third-order valence-electron chi connectivity index (χ3n) is 5.70. The molecule has 2 aliphatic heterocycles. The molecule has 7 nitrogen and oxygen atoms in total. The van der Waals surface area contributed by atoms with Gasteiger partial charge in [0.15, 0.2) is 0 Å². The van der Waals surface area contributed by atoms with Gasteiger partial charge in [-0.25, -0.2) is 9.78 Å². The molecule has 0 spiro atoms. The molecule has 2 amide bonds. The van der Waals surface area contributed by atoms with Crippen molar-refractivity contribution in [3.05, 3.63) is 59.8 Å². The first kappa shape index (κ1) is 19.7. The van der Waals surface area contributed by atoms with E-state index >= 15 is 0 Å². The van der Waals surface area contributed by atoms with E-state index in [0.717, 1.165) is 56.9 Å². The summed E-state index contributed by atoms with van der Waals surface area (Å²) >= 11 is 0. The topological polar surface area (TPSA) is 80.7 Å². The number of likely N-dealkylation sites (tertiary alicyclic amines) is 1. The standard InChI is InChI=1S/C22H29N5O2/c28-20-9-11-26(16-20)14-18-6-2-1-5-17(18)13-24-22(29)25-19-8-12-27(15-19)21-7-3-4-10-23-21/h1-7,10,19-20,28H,8-9,11-16H2,(H2,24,25,29). The number of β-amino-alcohol motifs (C(OH)–C–C–N with tert-alkyl or cyclic N) is 1. The lowest BCUT2D eigenvalue weighted by Crippen LogP contribution is -2.43. The smallest absolute Gasteiger partial charge is 0.315 e. The zero-order valence-corrected chi connectivity index (χ0v) is 16.6. The first-order chi connectivity index (χ1) is 14.2. The molecule has 154 valence electrons. The Morgan fingerprint density at radius 1 is 1.07 bits per heavy atom. The molecule has 4 rings (SSSR count). The highest BCUT2D eigenvalue weighted by molar-refractivity contribution is 5.74. The molecule has 2 saturated heterocycles. The van der Waals surface area contributed by atoms with E-state index in [9.17, 15) is 9.90 Å². The van der Waals surface area contributed by atoms with E-state index < -0.39 is 0 Å². The van der Waals surface area contributed by atoms with E-state index in [2.05, 4.69) is 37.6 Å². The van der Waals surface area contributed by atoms with Gasteiger partial charge in [0, 0.05) is 51.5 Å². The van der Waals surface area contributed by atoms with Crippen LogP contribution in [0.15, 0.2) is 48.7 Å². The van der Waals surface area contributed by atoms with Gasteiger partial charge in [0.1, 0.15) is 5.82 Å². The first-order valence-corrected chi connectivity index (χ1v) is 10.3. The van der Waals surface area contributed by atoms with Crippen molar-refractivity contribution in [2.75, 3.05) is 31.1 Å². The van der Waals surface area contributed by atoms with E-state index in [1.165, 1.54) is 5.56 Å². The van der Waals surface area contributed by atoms with Gasteiger partial charge in [0.05, 0.1) is 6.10 Å². The number of pyridine rings is 1. The largest absolute Gasteiger partial charge is 0.392 e. The molecule has 2 fully saturated rings. The van der Waals surface area contributed by atoms with Crippen LogP contribution in [0.5, 0.6) is 0 Å². The van der Waals surface area contributed by atoms with Crippen LogP contribution in [0.25, 0.3) is 0 Å². The number of urea groups is 1. The third kappa shape index (κ3) is 5.25. The molecule has 2 unspecified atom stereocenters. The molecule has 3 heterocycles. The molecule has 0 saturated carbocycles. The second kappa shape index (κ2) is 9.24. The normalized spacial score (nSPS) is 22.0. The summed E-state index contributed by atoms with van der Waals surface area (Å²) in [6, 6.07) is 14.1. The summed E-state index contributed by atoms with van der Waals surface area (Å²) in [5, 5.41) is 15.8. The zero-order chi connectivity index (χ0) is 20.1. The van der Waals surface area contributed by atoms with E-state index in [1.807, 2.05) is 30.3 Å². The fourth-order valence-corrected chi connectivity index (χ4v) is 4.12. The average Bonchev–Trinajstić information content (AvgIpc) is 3.37. The minimum absolute atomic E-state index is 0.123. The SMILES string of the molecule is O=C(NCc1ccccc1CN1CCC(O)C1)NC1CCN(c2ccccn2)C1. The highest BCUT2D eigenvalue weighted by Crippen LogP contribution is 2.18. The quantitative estimate of drug-likeness (QED) is 0.694. The molecule has 7 heteroatoms. The van der Waals surface area contributed by atoms with Crippen molar-refractivity contribution in [1.82, 2.24) is 20.5 Å². The summed E-state index contributed by atoms with van der Waals surface area (Å²) in [6.07, 6.45) is 3.32. The lowest BCUT2D eigenvalue weighted by molar-refractivity contribution is 0.174. The van der Waals surface area contributed by atoms with Crippen molar-refractivity contribution < 1.29 is 9.90 Å². The minimum atomic E-state index is -0.219. The van der Waals surface area contributed by atoms with Gasteiger partial charge in [-0.05, 0) is 36.1 Å². The molecule has 2 aliphatic rings. The molecule has 0 radical (unpaired) electrons. The van der Waals surface area contributed by atoms with Crippen LogP contribution in [0, 0.1) is 0 Å². The maximum absolute atomic E-state index is 12.4. The van der Waals surface area contributed by atoms with Crippen LogP contribution in [-0.2, 0) is 13.1 Å². The summed E-state index contributed by atoms with van der Waals surface area (Å²) in [6.45, 7) is 4.60. The number of benzene rings is 1. The fraction of sp³-hybridized carbons (Fsp3) is 0.455. The monoisotopic (exact) mass is 395 g/mol. The van der Waals surface area contributed by atoms with Gasteiger partial charge in [-0.15, -0.1) is 0 Å². The van der Waals surface area contributed by atoms with Gasteiger partial charge in [-0.3, -0.25) is 4.90 Å². The number of aromatic nitrogens is 1. The molecule has 0 bridgehead atoms. The van der Waals surface area contributed by atoms with Gasteiger partial charge in [0.2, 0.25) is 0 Å². The minimum Gasteiger partial charge on any atom is -0.392 e. The van der Waals surface area contributed by atoms with Crippen molar-refractivity contribution in [2.45, 2.75) is 38.1 Å². The number of aliphatic hydroxyl groups is 1. The van der Waals surface area contributed by atoms with Gasteiger partial charge < -0.3 is 20.6 Å². The summed E-state index contributed by atoms with van der Waals surface area (Å²) in [5.41, 5.74) is 2.31. The Bertz CT molecular complexity index is 816. The van der Waals surface area contributed by atoms with Crippen LogP contribution in [0.1, 0.15) is 24.0 Å². The number of rotatable bonds is 6. The van der Waals surface area contributed by atoms with Crippen LogP contribution < -0.4 is 15.5 Å². The van der Waals surface area contributed by atoms with Crippen LogP contribution >= 0.6 is 0 Å². The Morgan fingerprint density at radius 3 is 2.66 bits per heavy atom. The Morgan fingerprint density at radius 2 is 1.90 bits per heavy atom. The number of anilines is 1. The van der Waals surface area contributed by atoms with E-state index in [0.29, 0.717) is 6.54 Å². The maximum atomic E-state index is 12.4. The Balaban J connectivity index is 1.26. The van der Waals surface area contributed by atoms with E-state index in [4.69, 9.17) is 0 Å². The lowest BCUT2D eigenvalue weighted by atomic mass is 10.1. The van der Waals surface area contributed by atoms with Crippen molar-refractivity contribution in [1.29, 1.82) is 0 Å². The summed E-state index contributed by atoms with van der Waals surface area (Å²) < 4.78 is 0. The van der Waals surface area contributed by atoms with Crippen LogP contribution in [-0.4, -0.2) is 59.3 Å². The molecule has 3 N–H and O–H groups in total. The van der Waals surface area contributed by atoms with Crippen molar-refractivity contribution in [3.8, 4) is 0 Å². The fourth-order valence-electron chi connectivity index (χ4n) is 4.12. The molecule has 1 aromatic carbocycles. The molecule has 29 heavy (non-hydrogen) atoms. The summed E-state index contributed by atoms with van der Waals surface area (Å²) in [7, 11) is 0. The highest BCUT2D eigenvalue weighted by atomic mass is 16.3. The Kier molecular flexibility index (Phi) is 6.27. The number of carbonyl (C=O) groups is 1.